The van der Waals surface area contributed by atoms with E-state index in [9.17, 15) is 9.59 Å². The number of aromatic amines is 7. The van der Waals surface area contributed by atoms with Crippen LogP contribution in [0.1, 0.15) is 0 Å². The zero-order valence-corrected chi connectivity index (χ0v) is 53.0. The van der Waals surface area contributed by atoms with Crippen LogP contribution >= 0.6 is 45.7 Å². The van der Waals surface area contributed by atoms with Gasteiger partial charge in [-0.15, -0.1) is 31.7 Å². The number of hydrogen-bond donors (Lipinski definition) is 7. The number of rotatable bonds is 0. The van der Waals surface area contributed by atoms with Crippen LogP contribution in [0.25, 0.3) is 0 Å². The minimum atomic E-state index is -0.519. The third kappa shape index (κ3) is 71.0. The van der Waals surface area contributed by atoms with Crippen molar-refractivity contribution >= 4 is 45.7 Å². The average Bonchev–Trinajstić information content (AvgIpc) is 4.57. The van der Waals surface area contributed by atoms with Crippen molar-refractivity contribution in [3.8, 4) is 0 Å². The predicted molar refractivity (Wildman–Crippen MR) is 349 cm³/mol. The van der Waals surface area contributed by atoms with Crippen LogP contribution in [0.15, 0.2) is 349 Å². The SMILES string of the molecule is O=c1[nH]nco1.O=c1cccn[nH]1.c1c[nH]cn1.c1cc[nH]c1.c1ccncc1.c1ccnnc1.c1ccoc1.c1ccsc1.c1cn[nH]c1.c1cncnc1.c1cnoc1.c1cnsc1.c1cocn1.c1cscn1.c1nc[nH]n1.c1nn[nH]n1.c1nnno1.c1nnns1. The fraction of sp³-hybridized carbons (Fsp3) is 0. The zero-order valence-electron chi connectivity index (χ0n) is 49.7. The highest BCUT2D eigenvalue weighted by Gasteiger charge is 1.75. The maximum Gasteiger partial charge on any atom is 0.434 e. The molecule has 0 aromatic carbocycles. The molecule has 0 saturated carbocycles. The van der Waals surface area contributed by atoms with Gasteiger partial charge in [-0.3, -0.25) is 25.0 Å². The maximum absolute atomic E-state index is 10.2. The van der Waals surface area contributed by atoms with Crippen molar-refractivity contribution < 1.29 is 22.3 Å². The van der Waals surface area contributed by atoms with E-state index in [0.29, 0.717) is 0 Å². The second-order valence-corrected chi connectivity index (χ2v) is 16.5. The number of thiazole rings is 1. The molecule has 0 bridgehead atoms. The first kappa shape index (κ1) is 80.3. The highest BCUT2D eigenvalue weighted by Crippen LogP contribution is 1.91. The molecule has 0 atom stereocenters. The summed E-state index contributed by atoms with van der Waals surface area (Å²) in [4.78, 5) is 51.2. The first-order valence-corrected chi connectivity index (χ1v) is 29.4. The minimum Gasteiger partial charge on any atom is -0.473 e. The van der Waals surface area contributed by atoms with Crippen molar-refractivity contribution in [3.63, 3.8) is 0 Å². The number of furan rings is 1. The summed E-state index contributed by atoms with van der Waals surface area (Å²) in [7, 11) is 0. The molecule has 18 heterocycles. The summed E-state index contributed by atoms with van der Waals surface area (Å²) in [5.41, 5.74) is 3.20. The Morgan fingerprint density at radius 1 is 0.396 bits per heavy atom. The van der Waals surface area contributed by atoms with E-state index in [1.54, 1.807) is 158 Å². The molecule has 0 spiro atoms. The molecule has 0 aliphatic heterocycles. The summed E-state index contributed by atoms with van der Waals surface area (Å²) in [6.45, 7) is 0. The number of aromatic nitrogens is 31. The molecule has 0 radical (unpaired) electrons. The molecular weight excluding hydrogens is 1320 g/mol. The molecule has 0 unspecified atom stereocenters. The maximum atomic E-state index is 10.2. The van der Waals surface area contributed by atoms with Crippen LogP contribution < -0.4 is 11.3 Å². The van der Waals surface area contributed by atoms with E-state index in [-0.39, 0.29) is 5.56 Å². The number of oxazole rings is 1. The van der Waals surface area contributed by atoms with Crippen molar-refractivity contribution in [1.82, 2.24) is 156 Å². The number of thiophene rings is 1. The Kier molecular flexibility index (Phi) is 61.6. The topological polar surface area (TPSA) is 520 Å². The zero-order chi connectivity index (χ0) is 68.2. The fourth-order valence-electron chi connectivity index (χ4n) is 3.68. The van der Waals surface area contributed by atoms with Crippen LogP contribution in [0.3, 0.4) is 0 Å². The van der Waals surface area contributed by atoms with E-state index in [4.69, 9.17) is 0 Å². The van der Waals surface area contributed by atoms with Gasteiger partial charge in [0.25, 0.3) is 5.56 Å². The second-order valence-electron chi connectivity index (χ2n) is 13.6. The molecule has 0 amide bonds. The van der Waals surface area contributed by atoms with Crippen molar-refractivity contribution in [1.29, 1.82) is 0 Å². The molecule has 496 valence electrons. The molecule has 18 aromatic rings. The Morgan fingerprint density at radius 3 is 1.41 bits per heavy atom. The monoisotopic (exact) mass is 1380 g/mol. The molecule has 7 N–H and O–H groups in total. The number of nitrogens with zero attached hydrogens (tertiary/aromatic N) is 24. The lowest BCUT2D eigenvalue weighted by molar-refractivity contribution is 0.392. The predicted octanol–water partition coefficient (Wildman–Crippen LogP) is 8.07. The van der Waals surface area contributed by atoms with E-state index < -0.39 is 5.76 Å². The minimum absolute atomic E-state index is 0.164. The largest absolute Gasteiger partial charge is 0.473 e. The van der Waals surface area contributed by atoms with Crippen LogP contribution in [0, 0.1) is 0 Å². The summed E-state index contributed by atoms with van der Waals surface area (Å²) >= 11 is 6.02. The van der Waals surface area contributed by atoms with Crippen molar-refractivity contribution in [2.24, 2.45) is 0 Å². The highest BCUT2D eigenvalue weighted by molar-refractivity contribution is 7.07. The molecular formula is C54H59N31O7S4. The van der Waals surface area contributed by atoms with E-state index in [0.717, 1.165) is 12.8 Å². The smallest absolute Gasteiger partial charge is 0.434 e. The Labute approximate surface area is 559 Å². The molecule has 96 heavy (non-hydrogen) atoms. The normalized spacial score (nSPS) is 8.08. The molecule has 0 fully saturated rings. The van der Waals surface area contributed by atoms with E-state index in [1.807, 2.05) is 118 Å². The van der Waals surface area contributed by atoms with Gasteiger partial charge < -0.3 is 32.3 Å². The Hall–Kier alpha value is -13.7. The van der Waals surface area contributed by atoms with Gasteiger partial charge in [0.15, 0.2) is 12.7 Å². The third-order valence-electron chi connectivity index (χ3n) is 7.09. The van der Waals surface area contributed by atoms with Crippen LogP contribution in [0.4, 0.5) is 0 Å². The summed E-state index contributed by atoms with van der Waals surface area (Å²) in [5, 5.41) is 69.5. The third-order valence-corrected chi connectivity index (χ3v) is 9.11. The number of nitrogens with one attached hydrogen (secondary N) is 7. The van der Waals surface area contributed by atoms with Crippen molar-refractivity contribution in [3.05, 3.63) is 338 Å². The van der Waals surface area contributed by atoms with Crippen LogP contribution in [-0.4, -0.2) is 156 Å². The molecule has 38 nitrogen and oxygen atoms in total. The first-order chi connectivity index (χ1) is 47.8. The van der Waals surface area contributed by atoms with Gasteiger partial charge in [0, 0.05) is 121 Å². The molecule has 42 heteroatoms. The Morgan fingerprint density at radius 2 is 1.21 bits per heavy atom. The molecule has 0 aliphatic carbocycles. The Bertz CT molecular complexity index is 2850. The van der Waals surface area contributed by atoms with Crippen LogP contribution in [0.5, 0.6) is 0 Å². The second kappa shape index (κ2) is 73.7. The first-order valence-electron chi connectivity index (χ1n) is 25.8. The quantitative estimate of drug-likeness (QED) is 0.0754. The van der Waals surface area contributed by atoms with Gasteiger partial charge in [0.1, 0.15) is 37.0 Å². The van der Waals surface area contributed by atoms with Gasteiger partial charge in [-0.25, -0.2) is 44.3 Å². The average molecular weight is 1380 g/mol. The lowest BCUT2D eigenvalue weighted by Gasteiger charge is -1.72. The van der Waals surface area contributed by atoms with Crippen LogP contribution in [-0.2, 0) is 0 Å². The van der Waals surface area contributed by atoms with E-state index in [1.165, 1.54) is 79.6 Å². The van der Waals surface area contributed by atoms with Gasteiger partial charge in [0.05, 0.1) is 42.0 Å². The van der Waals surface area contributed by atoms with Crippen molar-refractivity contribution in [2.75, 3.05) is 0 Å². The molecule has 0 saturated heterocycles. The Balaban J connectivity index is 0.000000509. The summed E-state index contributed by atoms with van der Waals surface area (Å²) in [6, 6.07) is 31.2. The van der Waals surface area contributed by atoms with Gasteiger partial charge in [0.2, 0.25) is 12.8 Å². The van der Waals surface area contributed by atoms with Gasteiger partial charge in [-0.05, 0) is 112 Å². The summed E-state index contributed by atoms with van der Waals surface area (Å²) < 4.78 is 28.8. The van der Waals surface area contributed by atoms with Gasteiger partial charge >= 0.3 is 5.76 Å². The van der Waals surface area contributed by atoms with E-state index >= 15 is 0 Å². The summed E-state index contributed by atoms with van der Waals surface area (Å²) in [6.07, 6.45) is 46.3. The number of imidazole rings is 1. The number of tetrazole rings is 1. The standard InChI is InChI=1S/C5H5N.C4H4N2O.2C4H4N2.C4H5N.C4H4O.C4H4S.2C3H4N2.2C3H3NO.2C3H3NS.C2H3N3.C2H2N2O2.CH2N4.CHN3O.CHN3S/c1-2-4-6-5-3-1;7-4-2-1-3-5-6-4;1-2-5-4-6-3-1;1-2-4-6-5-3-1;3*1-2-4-5-3-1;1-2-5-3-4-1;1-2-4-5-3-1;1-2-5-3-4-1;1-2-4-5-3-1;1-2-5-3-4-1;1-2-4-5-3-1;1-3-2-5-4-1;5-2-4-3-1-6-2;1-2-4-5-3-1;2*1-2-3-4-5-1/h1-5H;1-3H,(H,6,7);2*1-4H;1-5H;2*1-4H;2*1-3H,(H,4,5);4*1-3H;1-2H,(H,3,4,5);1H,(H,4,5);1H,(H,2,3,4,5);2*1H. The van der Waals surface area contributed by atoms with Crippen LogP contribution in [0.2, 0.25) is 0 Å². The number of pyridine rings is 1. The fourth-order valence-corrected chi connectivity index (χ4v) is 5.05. The molecule has 18 aromatic heterocycles. The van der Waals surface area contributed by atoms with E-state index in [2.05, 4.69) is 174 Å². The number of H-pyrrole nitrogens is 7. The van der Waals surface area contributed by atoms with Crippen molar-refractivity contribution in [2.45, 2.75) is 0 Å². The number of hydrogen-bond acceptors (Lipinski definition) is 35. The molecule has 18 rings (SSSR count). The molecule has 0 aliphatic rings. The summed E-state index contributed by atoms with van der Waals surface area (Å²) in [5.74, 6) is -0.519. The highest BCUT2D eigenvalue weighted by atomic mass is 32.1. The van der Waals surface area contributed by atoms with Gasteiger partial charge in [-0.1, -0.05) is 38.2 Å². The lowest BCUT2D eigenvalue weighted by Crippen LogP contribution is -2.02. The lowest BCUT2D eigenvalue weighted by atomic mass is 10.5. The van der Waals surface area contributed by atoms with Gasteiger partial charge in [-0.2, -0.15) is 42.0 Å².